The van der Waals surface area contributed by atoms with Crippen molar-refractivity contribution in [3.8, 4) is 0 Å². The third-order valence-electron chi connectivity index (χ3n) is 2.07. The third-order valence-corrected chi connectivity index (χ3v) is 4.04. The molecule has 3 nitrogen and oxygen atoms in total. The summed E-state index contributed by atoms with van der Waals surface area (Å²) in [5.74, 6) is 0. The van der Waals surface area contributed by atoms with Crippen molar-refractivity contribution in [3.05, 3.63) is 29.3 Å². The smallest absolute Gasteiger partial charge is 0.297 e. The topological polar surface area (TPSA) is 52.3 Å². The van der Waals surface area contributed by atoms with Gasteiger partial charge in [0.1, 0.15) is 0 Å². The maximum Gasteiger partial charge on any atom is 0.297 e. The first kappa shape index (κ1) is 11.4. The fraction of sp³-hybridized carbons (Fsp3) is 0.400. The summed E-state index contributed by atoms with van der Waals surface area (Å²) in [5.41, 5.74) is 7.52. The van der Waals surface area contributed by atoms with E-state index in [4.69, 9.17) is 10.0 Å². The second-order valence-electron chi connectivity index (χ2n) is 3.26. The van der Waals surface area contributed by atoms with Crippen LogP contribution in [0.2, 0.25) is 0 Å². The van der Waals surface area contributed by atoms with Gasteiger partial charge in [0.25, 0.3) is 7.52 Å². The molecule has 0 saturated carbocycles. The second kappa shape index (κ2) is 4.26. The standard InChI is InChI=1S/C10H16NO2P/c1-4-13-14(11,12)10-8(2)6-5-7-9(10)3/h5-7H,4H2,1-3H3,(H2,11,12)/t14-/m1/s1. The Morgan fingerprint density at radius 3 is 2.29 bits per heavy atom. The first-order valence-corrected chi connectivity index (χ1v) is 6.28. The van der Waals surface area contributed by atoms with Crippen LogP contribution in [0.5, 0.6) is 0 Å². The first-order chi connectivity index (χ1) is 6.49. The van der Waals surface area contributed by atoms with Gasteiger partial charge in [-0.3, -0.25) is 10.1 Å². The van der Waals surface area contributed by atoms with Gasteiger partial charge >= 0.3 is 0 Å². The van der Waals surface area contributed by atoms with Gasteiger partial charge in [-0.25, -0.2) is 0 Å². The lowest BCUT2D eigenvalue weighted by atomic mass is 10.2. The molecule has 1 rings (SSSR count). The summed E-state index contributed by atoms with van der Waals surface area (Å²) >= 11 is 0. The van der Waals surface area contributed by atoms with Gasteiger partial charge in [0.05, 0.1) is 11.9 Å². The molecule has 1 atom stereocenters. The summed E-state index contributed by atoms with van der Waals surface area (Å²) in [7, 11) is -3.12. The molecule has 0 aliphatic carbocycles. The zero-order valence-electron chi connectivity index (χ0n) is 8.78. The average molecular weight is 213 g/mol. The average Bonchev–Trinajstić information content (AvgIpc) is 2.02. The number of benzene rings is 1. The Kier molecular flexibility index (Phi) is 3.48. The number of rotatable bonds is 3. The molecule has 14 heavy (non-hydrogen) atoms. The zero-order valence-corrected chi connectivity index (χ0v) is 9.67. The maximum absolute atomic E-state index is 12.0. The quantitative estimate of drug-likeness (QED) is 0.782. The molecular formula is C10H16NO2P. The molecule has 0 heterocycles. The molecule has 0 aliphatic heterocycles. The summed E-state index contributed by atoms with van der Waals surface area (Å²) in [4.78, 5) is 0. The maximum atomic E-state index is 12.0. The Hall–Kier alpha value is -0.630. The van der Waals surface area contributed by atoms with Crippen LogP contribution in [0.4, 0.5) is 0 Å². The van der Waals surface area contributed by atoms with E-state index >= 15 is 0 Å². The normalized spacial score (nSPS) is 15.1. The number of hydrogen-bond acceptors (Lipinski definition) is 2. The molecule has 1 aromatic carbocycles. The molecule has 4 heteroatoms. The van der Waals surface area contributed by atoms with E-state index in [2.05, 4.69) is 0 Å². The number of nitrogens with two attached hydrogens (primary N) is 1. The fourth-order valence-corrected chi connectivity index (χ4v) is 3.20. The van der Waals surface area contributed by atoms with Gasteiger partial charge in [0.2, 0.25) is 0 Å². The van der Waals surface area contributed by atoms with Crippen molar-refractivity contribution in [2.75, 3.05) is 6.61 Å². The Labute approximate surface area is 84.8 Å². The fourth-order valence-electron chi connectivity index (χ4n) is 1.55. The van der Waals surface area contributed by atoms with Crippen LogP contribution in [0.1, 0.15) is 18.1 Å². The molecule has 0 saturated heterocycles. The van der Waals surface area contributed by atoms with E-state index in [0.717, 1.165) is 11.1 Å². The molecule has 1 aromatic rings. The van der Waals surface area contributed by atoms with Crippen LogP contribution in [0.25, 0.3) is 0 Å². The van der Waals surface area contributed by atoms with Crippen LogP contribution in [-0.2, 0) is 9.09 Å². The molecule has 0 unspecified atom stereocenters. The van der Waals surface area contributed by atoms with Crippen LogP contribution in [-0.4, -0.2) is 6.61 Å². The summed E-state index contributed by atoms with van der Waals surface area (Å²) in [6.07, 6.45) is 0. The van der Waals surface area contributed by atoms with E-state index in [-0.39, 0.29) is 0 Å². The van der Waals surface area contributed by atoms with Gasteiger partial charge in [-0.2, -0.15) is 0 Å². The van der Waals surface area contributed by atoms with Crippen LogP contribution >= 0.6 is 7.52 Å². The van der Waals surface area contributed by atoms with Crippen LogP contribution in [0, 0.1) is 13.8 Å². The molecule has 0 aliphatic rings. The third kappa shape index (κ3) is 2.24. The lowest BCUT2D eigenvalue weighted by Gasteiger charge is -2.16. The number of hydrogen-bond donors (Lipinski definition) is 1. The minimum absolute atomic E-state index is 0.363. The van der Waals surface area contributed by atoms with Crippen molar-refractivity contribution >= 4 is 12.8 Å². The molecule has 78 valence electrons. The molecule has 2 N–H and O–H groups in total. The zero-order chi connectivity index (χ0) is 10.8. The molecule has 0 bridgehead atoms. The highest BCUT2D eigenvalue weighted by Gasteiger charge is 2.23. The Balaban J connectivity index is 3.24. The number of aryl methyl sites for hydroxylation is 2. The van der Waals surface area contributed by atoms with Crippen molar-refractivity contribution in [1.29, 1.82) is 0 Å². The van der Waals surface area contributed by atoms with E-state index in [1.165, 1.54) is 0 Å². The molecule has 0 radical (unpaired) electrons. The van der Waals surface area contributed by atoms with Gasteiger partial charge in [-0.1, -0.05) is 18.2 Å². The molecule has 0 aromatic heterocycles. The van der Waals surface area contributed by atoms with Gasteiger partial charge in [0.15, 0.2) is 0 Å². The van der Waals surface area contributed by atoms with Crippen molar-refractivity contribution in [2.24, 2.45) is 5.50 Å². The molecule has 0 spiro atoms. The van der Waals surface area contributed by atoms with Crippen LogP contribution in [0.15, 0.2) is 18.2 Å². The largest absolute Gasteiger partial charge is 0.315 e. The Morgan fingerprint density at radius 1 is 1.36 bits per heavy atom. The van der Waals surface area contributed by atoms with Gasteiger partial charge in [-0.05, 0) is 31.9 Å². The molecule has 0 amide bonds. The Morgan fingerprint density at radius 2 is 1.86 bits per heavy atom. The Bertz CT molecular complexity index is 356. The summed E-state index contributed by atoms with van der Waals surface area (Å²) < 4.78 is 17.1. The summed E-state index contributed by atoms with van der Waals surface area (Å²) in [5, 5.41) is 0.654. The minimum atomic E-state index is -3.12. The monoisotopic (exact) mass is 213 g/mol. The van der Waals surface area contributed by atoms with Crippen molar-refractivity contribution < 1.29 is 9.09 Å². The van der Waals surface area contributed by atoms with E-state index in [1.807, 2.05) is 32.0 Å². The highest BCUT2D eigenvalue weighted by atomic mass is 31.2. The van der Waals surface area contributed by atoms with Crippen molar-refractivity contribution in [2.45, 2.75) is 20.8 Å². The summed E-state index contributed by atoms with van der Waals surface area (Å²) in [6.45, 7) is 5.93. The van der Waals surface area contributed by atoms with Crippen molar-refractivity contribution in [3.63, 3.8) is 0 Å². The lowest BCUT2D eigenvalue weighted by molar-refractivity contribution is 0.341. The predicted molar refractivity (Wildman–Crippen MR) is 59.0 cm³/mol. The lowest BCUT2D eigenvalue weighted by Crippen LogP contribution is -2.19. The highest BCUT2D eigenvalue weighted by Crippen LogP contribution is 2.38. The van der Waals surface area contributed by atoms with Crippen LogP contribution < -0.4 is 10.8 Å². The van der Waals surface area contributed by atoms with Gasteiger partial charge in [0, 0.05) is 0 Å². The molecular weight excluding hydrogens is 197 g/mol. The SMILES string of the molecule is CCO[P@](N)(=O)c1c(C)cccc1C. The van der Waals surface area contributed by atoms with Gasteiger partial charge < -0.3 is 4.52 Å². The van der Waals surface area contributed by atoms with E-state index in [1.54, 1.807) is 6.92 Å². The van der Waals surface area contributed by atoms with Gasteiger partial charge in [-0.15, -0.1) is 0 Å². The first-order valence-electron chi connectivity index (χ1n) is 4.59. The second-order valence-corrected chi connectivity index (χ2v) is 5.15. The highest BCUT2D eigenvalue weighted by molar-refractivity contribution is 7.64. The van der Waals surface area contributed by atoms with Crippen molar-refractivity contribution in [1.82, 2.24) is 0 Å². The summed E-state index contributed by atoms with van der Waals surface area (Å²) in [6, 6.07) is 5.70. The van der Waals surface area contributed by atoms with Crippen LogP contribution in [0.3, 0.4) is 0 Å². The minimum Gasteiger partial charge on any atom is -0.315 e. The molecule has 0 fully saturated rings. The predicted octanol–water partition coefficient (Wildman–Crippen LogP) is 2.12. The van der Waals surface area contributed by atoms with E-state index < -0.39 is 7.52 Å². The van der Waals surface area contributed by atoms with E-state index in [0.29, 0.717) is 11.9 Å². The van der Waals surface area contributed by atoms with E-state index in [9.17, 15) is 4.57 Å².